The summed E-state index contributed by atoms with van der Waals surface area (Å²) in [4.78, 5) is 69.8. The summed E-state index contributed by atoms with van der Waals surface area (Å²) in [6.45, 7) is 8.10. The molecule has 1 aromatic heterocycles. The summed E-state index contributed by atoms with van der Waals surface area (Å²) in [7, 11) is 3.14. The van der Waals surface area contributed by atoms with Gasteiger partial charge in [-0.1, -0.05) is 63.1 Å². The lowest BCUT2D eigenvalue weighted by Crippen LogP contribution is -2.41. The van der Waals surface area contributed by atoms with Gasteiger partial charge in [-0.3, -0.25) is 24.1 Å². The van der Waals surface area contributed by atoms with Gasteiger partial charge in [0.05, 0.1) is 31.3 Å². The number of nitrogens with one attached hydrogen (secondary N) is 2. The van der Waals surface area contributed by atoms with E-state index in [1.165, 1.54) is 18.4 Å². The van der Waals surface area contributed by atoms with E-state index in [1.807, 2.05) is 54.6 Å². The standard InChI is InChI=1S/C49H62N4O7S/c1-6-40(7-2)53(31-30-52(4)43(54)28-29-44(55)60-8-3)33-36-14-13-15-38(32-36)46(56)51-48-45(41-16-11-9-10-12-17-42(41)61-48)47(57)50-39-26-22-35(23-27-39)19-18-34-20-24-37(25-21-34)49(58)59-5/h13-15,20-27,32,40H,6-12,16-19,28-31,33H2,1-5H3,(H,50,57)(H,51,56). The third kappa shape index (κ3) is 13.6. The Kier molecular flexibility index (Phi) is 18.1. The number of carbonyl (C=O) groups excluding carboxylic acids is 5. The van der Waals surface area contributed by atoms with Crippen LogP contribution >= 0.6 is 11.3 Å². The lowest BCUT2D eigenvalue weighted by molar-refractivity contribution is -0.145. The molecule has 0 radical (unpaired) electrons. The van der Waals surface area contributed by atoms with E-state index >= 15 is 0 Å². The van der Waals surface area contributed by atoms with Crippen LogP contribution in [0.4, 0.5) is 10.7 Å². The number of ether oxygens (including phenoxy) is 2. The molecule has 326 valence electrons. The number of aryl methyl sites for hydroxylation is 3. The molecule has 0 bridgehead atoms. The monoisotopic (exact) mass is 850 g/mol. The maximum Gasteiger partial charge on any atom is 0.337 e. The Hall–Kier alpha value is -5.33. The smallest absolute Gasteiger partial charge is 0.337 e. The topological polar surface area (TPSA) is 134 Å². The molecule has 4 aromatic rings. The lowest BCUT2D eigenvalue weighted by Gasteiger charge is -2.32. The molecule has 61 heavy (non-hydrogen) atoms. The zero-order valence-corrected chi connectivity index (χ0v) is 37.3. The van der Waals surface area contributed by atoms with Crippen LogP contribution in [0, 0.1) is 0 Å². The van der Waals surface area contributed by atoms with Crippen LogP contribution in [0.2, 0.25) is 0 Å². The van der Waals surface area contributed by atoms with Crippen molar-refractivity contribution in [2.45, 2.75) is 110 Å². The van der Waals surface area contributed by atoms with Crippen molar-refractivity contribution in [1.82, 2.24) is 9.80 Å². The van der Waals surface area contributed by atoms with E-state index in [-0.39, 0.29) is 48.5 Å². The van der Waals surface area contributed by atoms with Gasteiger partial charge in [0.1, 0.15) is 5.00 Å². The van der Waals surface area contributed by atoms with E-state index in [4.69, 9.17) is 9.47 Å². The van der Waals surface area contributed by atoms with Gasteiger partial charge >= 0.3 is 11.9 Å². The summed E-state index contributed by atoms with van der Waals surface area (Å²) in [6, 6.07) is 23.2. The number of hydrogen-bond acceptors (Lipinski definition) is 9. The van der Waals surface area contributed by atoms with Gasteiger partial charge in [-0.15, -0.1) is 11.3 Å². The maximum atomic E-state index is 14.2. The van der Waals surface area contributed by atoms with E-state index in [2.05, 4.69) is 29.4 Å². The van der Waals surface area contributed by atoms with Crippen LogP contribution in [0.1, 0.15) is 130 Å². The summed E-state index contributed by atoms with van der Waals surface area (Å²) >= 11 is 1.52. The van der Waals surface area contributed by atoms with Crippen molar-refractivity contribution in [2.75, 3.05) is 44.5 Å². The molecule has 11 nitrogen and oxygen atoms in total. The summed E-state index contributed by atoms with van der Waals surface area (Å²) < 4.78 is 9.78. The predicted octanol–water partition coefficient (Wildman–Crippen LogP) is 9.28. The minimum absolute atomic E-state index is 0.0663. The maximum absolute atomic E-state index is 14.2. The average Bonchev–Trinajstić information content (AvgIpc) is 3.59. The van der Waals surface area contributed by atoms with Gasteiger partial charge in [0.15, 0.2) is 0 Å². The van der Waals surface area contributed by atoms with Crippen molar-refractivity contribution < 1.29 is 33.4 Å². The molecule has 1 aliphatic rings. The van der Waals surface area contributed by atoms with Crippen LogP contribution in [-0.2, 0) is 51.3 Å². The quantitative estimate of drug-likeness (QED) is 0.0841. The number of fused-ring (bicyclic) bond motifs is 1. The summed E-state index contributed by atoms with van der Waals surface area (Å²) in [5.41, 5.74) is 6.51. The van der Waals surface area contributed by atoms with Crippen LogP contribution in [0.25, 0.3) is 0 Å². The number of anilines is 2. The Balaban J connectivity index is 1.26. The summed E-state index contributed by atoms with van der Waals surface area (Å²) in [6.07, 6.45) is 9.61. The number of carbonyl (C=O) groups is 5. The van der Waals surface area contributed by atoms with Gasteiger partial charge in [-0.25, -0.2) is 4.79 Å². The van der Waals surface area contributed by atoms with Crippen molar-refractivity contribution in [3.63, 3.8) is 0 Å². The van der Waals surface area contributed by atoms with Crippen LogP contribution < -0.4 is 10.6 Å². The van der Waals surface area contributed by atoms with Crippen LogP contribution in [0.15, 0.2) is 72.8 Å². The average molecular weight is 851 g/mol. The van der Waals surface area contributed by atoms with E-state index in [1.54, 1.807) is 37.1 Å². The lowest BCUT2D eigenvalue weighted by atomic mass is 9.96. The Labute approximate surface area is 365 Å². The highest BCUT2D eigenvalue weighted by atomic mass is 32.1. The fourth-order valence-corrected chi connectivity index (χ4v) is 9.14. The minimum atomic E-state index is -0.367. The fraction of sp³-hybridized carbons (Fsp3) is 0.449. The number of amides is 3. The Bertz CT molecular complexity index is 2090. The Morgan fingerprint density at radius 2 is 1.41 bits per heavy atom. The molecule has 1 aliphatic carbocycles. The van der Waals surface area contributed by atoms with Crippen molar-refractivity contribution in [3.8, 4) is 0 Å². The van der Waals surface area contributed by atoms with Crippen LogP contribution in [-0.4, -0.2) is 79.4 Å². The number of nitrogens with zero attached hydrogens (tertiary/aromatic N) is 2. The first kappa shape index (κ1) is 46.7. The molecular formula is C49H62N4O7S. The number of rotatable bonds is 20. The highest BCUT2D eigenvalue weighted by Crippen LogP contribution is 2.38. The van der Waals surface area contributed by atoms with Gasteiger partial charge in [-0.05, 0) is 117 Å². The van der Waals surface area contributed by atoms with E-state index in [0.29, 0.717) is 53.6 Å². The molecule has 1 heterocycles. The van der Waals surface area contributed by atoms with E-state index < -0.39 is 0 Å². The van der Waals surface area contributed by atoms with Gasteiger partial charge < -0.3 is 25.0 Å². The Morgan fingerprint density at radius 3 is 2.07 bits per heavy atom. The van der Waals surface area contributed by atoms with Gasteiger partial charge in [0.25, 0.3) is 11.8 Å². The fourth-order valence-electron chi connectivity index (χ4n) is 7.86. The molecule has 0 spiro atoms. The van der Waals surface area contributed by atoms with Gasteiger partial charge in [0, 0.05) is 55.3 Å². The number of esters is 2. The number of benzene rings is 3. The second-order valence-electron chi connectivity index (χ2n) is 15.7. The molecule has 12 heteroatoms. The van der Waals surface area contributed by atoms with E-state index in [0.717, 1.165) is 91.3 Å². The SMILES string of the molecule is CCOC(=O)CCC(=O)N(C)CCN(Cc1cccc(C(=O)Nc2sc3c(c2C(=O)Nc2ccc(CCc4ccc(C(=O)OC)cc4)cc2)CCCCCC3)c1)C(CC)CC. The molecular weight excluding hydrogens is 789 g/mol. The Morgan fingerprint density at radius 1 is 0.738 bits per heavy atom. The minimum Gasteiger partial charge on any atom is -0.466 e. The van der Waals surface area contributed by atoms with Crippen molar-refractivity contribution in [3.05, 3.63) is 117 Å². The molecule has 0 atom stereocenters. The zero-order valence-electron chi connectivity index (χ0n) is 36.5. The van der Waals surface area contributed by atoms with Gasteiger partial charge in [-0.2, -0.15) is 0 Å². The zero-order chi connectivity index (χ0) is 43.7. The second-order valence-corrected chi connectivity index (χ2v) is 16.8. The molecule has 0 saturated heterocycles. The van der Waals surface area contributed by atoms with Crippen LogP contribution in [0.5, 0.6) is 0 Å². The molecule has 0 fully saturated rings. The van der Waals surface area contributed by atoms with E-state index in [9.17, 15) is 24.0 Å². The molecule has 0 aliphatic heterocycles. The second kappa shape index (κ2) is 23.6. The summed E-state index contributed by atoms with van der Waals surface area (Å²) in [5.74, 6) is -1.32. The molecule has 3 aromatic carbocycles. The van der Waals surface area contributed by atoms with Crippen molar-refractivity contribution >= 4 is 51.7 Å². The highest BCUT2D eigenvalue weighted by Gasteiger charge is 2.26. The first-order valence-corrected chi connectivity index (χ1v) is 22.6. The molecule has 3 amide bonds. The van der Waals surface area contributed by atoms with Gasteiger partial charge in [0.2, 0.25) is 5.91 Å². The number of methoxy groups -OCH3 is 1. The summed E-state index contributed by atoms with van der Waals surface area (Å²) in [5, 5.41) is 6.85. The largest absolute Gasteiger partial charge is 0.466 e. The van der Waals surface area contributed by atoms with Crippen molar-refractivity contribution in [2.24, 2.45) is 0 Å². The third-order valence-corrected chi connectivity index (χ3v) is 12.7. The van der Waals surface area contributed by atoms with Crippen molar-refractivity contribution in [1.29, 1.82) is 0 Å². The predicted molar refractivity (Wildman–Crippen MR) is 242 cm³/mol. The van der Waals surface area contributed by atoms with Crippen LogP contribution in [0.3, 0.4) is 0 Å². The molecule has 0 saturated carbocycles. The molecule has 2 N–H and O–H groups in total. The number of likely N-dealkylation sites (N-methyl/N-ethyl adjacent to an activating group) is 1. The third-order valence-electron chi connectivity index (χ3n) is 11.4. The number of thiophene rings is 1. The first-order chi connectivity index (χ1) is 29.5. The number of hydrogen-bond donors (Lipinski definition) is 2. The highest BCUT2D eigenvalue weighted by molar-refractivity contribution is 7.17. The normalized spacial score (nSPS) is 12.6. The molecule has 5 rings (SSSR count). The molecule has 0 unspecified atom stereocenters. The first-order valence-electron chi connectivity index (χ1n) is 21.8.